The van der Waals surface area contributed by atoms with Crippen LogP contribution in [0.25, 0.3) is 0 Å². The second-order valence-corrected chi connectivity index (χ2v) is 4.65. The highest BCUT2D eigenvalue weighted by atomic mass is 16.5. The molecule has 3 N–H and O–H groups in total. The van der Waals surface area contributed by atoms with E-state index in [-0.39, 0.29) is 0 Å². The van der Waals surface area contributed by atoms with Crippen molar-refractivity contribution in [2.75, 3.05) is 13.7 Å². The van der Waals surface area contributed by atoms with Crippen molar-refractivity contribution in [1.82, 2.24) is 0 Å². The van der Waals surface area contributed by atoms with E-state index >= 15 is 0 Å². The van der Waals surface area contributed by atoms with E-state index in [2.05, 4.69) is 26.0 Å². The first kappa shape index (κ1) is 14.0. The predicted octanol–water partition coefficient (Wildman–Crippen LogP) is 2.07. The molecule has 1 unspecified atom stereocenters. The number of nitrogens with two attached hydrogens (primary N) is 1. The number of benzene rings is 1. The van der Waals surface area contributed by atoms with E-state index in [9.17, 15) is 5.11 Å². The fourth-order valence-corrected chi connectivity index (χ4v) is 1.79. The lowest BCUT2D eigenvalue weighted by Gasteiger charge is -2.14. The molecule has 3 nitrogen and oxygen atoms in total. The van der Waals surface area contributed by atoms with Crippen LogP contribution >= 0.6 is 0 Å². The number of ether oxygens (including phenoxy) is 1. The number of aryl methyl sites for hydroxylation is 1. The molecule has 0 saturated heterocycles. The van der Waals surface area contributed by atoms with Crippen molar-refractivity contribution in [1.29, 1.82) is 0 Å². The Hall–Kier alpha value is -1.06. The van der Waals surface area contributed by atoms with Gasteiger partial charge in [0, 0.05) is 6.54 Å². The number of methoxy groups -OCH3 is 1. The summed E-state index contributed by atoms with van der Waals surface area (Å²) in [6.07, 6.45) is 1.04. The fourth-order valence-electron chi connectivity index (χ4n) is 1.79. The molecule has 0 aliphatic rings. The number of hydrogen-bond acceptors (Lipinski definition) is 3. The monoisotopic (exact) mass is 237 g/mol. The zero-order chi connectivity index (χ0) is 12.8. The SMILES string of the molecule is COc1ccc(C(C)C)cc1CCC(O)CN. The highest BCUT2D eigenvalue weighted by Gasteiger charge is 2.09. The Balaban J connectivity index is 2.82. The Morgan fingerprint density at radius 2 is 2.06 bits per heavy atom. The molecule has 0 heterocycles. The molecule has 1 rings (SSSR count). The third-order valence-corrected chi connectivity index (χ3v) is 2.99. The van der Waals surface area contributed by atoms with Crippen LogP contribution in [0.15, 0.2) is 18.2 Å². The zero-order valence-electron chi connectivity index (χ0n) is 10.9. The highest BCUT2D eigenvalue weighted by Crippen LogP contribution is 2.25. The molecule has 0 aliphatic heterocycles. The fraction of sp³-hybridized carbons (Fsp3) is 0.571. The van der Waals surface area contributed by atoms with Crippen LogP contribution < -0.4 is 10.5 Å². The summed E-state index contributed by atoms with van der Waals surface area (Å²) in [6.45, 7) is 4.65. The van der Waals surface area contributed by atoms with Crippen LogP contribution in [0.1, 0.15) is 37.3 Å². The molecule has 96 valence electrons. The number of hydrogen-bond donors (Lipinski definition) is 2. The minimum Gasteiger partial charge on any atom is -0.496 e. The van der Waals surface area contributed by atoms with Crippen LogP contribution in [-0.2, 0) is 6.42 Å². The van der Waals surface area contributed by atoms with Crippen molar-refractivity contribution in [2.24, 2.45) is 5.73 Å². The molecule has 0 bridgehead atoms. The molecule has 0 spiro atoms. The molecular weight excluding hydrogens is 214 g/mol. The van der Waals surface area contributed by atoms with E-state index < -0.39 is 6.10 Å². The van der Waals surface area contributed by atoms with Gasteiger partial charge < -0.3 is 15.6 Å². The molecule has 1 atom stereocenters. The standard InChI is InChI=1S/C14H23NO2/c1-10(2)11-5-7-14(17-3)12(8-11)4-6-13(16)9-15/h5,7-8,10,13,16H,4,6,9,15H2,1-3H3. The Labute approximate surface area is 104 Å². The molecule has 0 radical (unpaired) electrons. The largest absolute Gasteiger partial charge is 0.496 e. The van der Waals surface area contributed by atoms with Gasteiger partial charge in [0.15, 0.2) is 0 Å². The third kappa shape index (κ3) is 4.02. The van der Waals surface area contributed by atoms with Crippen LogP contribution in [-0.4, -0.2) is 24.9 Å². The summed E-state index contributed by atoms with van der Waals surface area (Å²) in [5.74, 6) is 1.39. The average molecular weight is 237 g/mol. The van der Waals surface area contributed by atoms with E-state index in [0.29, 0.717) is 18.9 Å². The Bertz CT molecular complexity index is 350. The van der Waals surface area contributed by atoms with Crippen LogP contribution in [0, 0.1) is 0 Å². The van der Waals surface area contributed by atoms with E-state index in [4.69, 9.17) is 10.5 Å². The molecule has 3 heteroatoms. The highest BCUT2D eigenvalue weighted by molar-refractivity contribution is 5.38. The lowest BCUT2D eigenvalue weighted by atomic mass is 9.97. The van der Waals surface area contributed by atoms with Crippen molar-refractivity contribution in [2.45, 2.75) is 38.7 Å². The van der Waals surface area contributed by atoms with Gasteiger partial charge in [0.1, 0.15) is 5.75 Å². The molecule has 0 aliphatic carbocycles. The molecule has 0 fully saturated rings. The predicted molar refractivity (Wildman–Crippen MR) is 70.5 cm³/mol. The Morgan fingerprint density at radius 3 is 2.59 bits per heavy atom. The van der Waals surface area contributed by atoms with E-state index in [1.165, 1.54) is 5.56 Å². The van der Waals surface area contributed by atoms with Gasteiger partial charge in [-0.15, -0.1) is 0 Å². The number of aliphatic hydroxyl groups is 1. The normalized spacial score (nSPS) is 12.8. The van der Waals surface area contributed by atoms with Crippen molar-refractivity contribution in [3.63, 3.8) is 0 Å². The van der Waals surface area contributed by atoms with Gasteiger partial charge >= 0.3 is 0 Å². The quantitative estimate of drug-likeness (QED) is 0.796. The summed E-state index contributed by atoms with van der Waals surface area (Å²) in [5.41, 5.74) is 7.84. The van der Waals surface area contributed by atoms with E-state index in [1.54, 1.807) is 7.11 Å². The van der Waals surface area contributed by atoms with Gasteiger partial charge in [-0.05, 0) is 36.0 Å². The average Bonchev–Trinajstić information content (AvgIpc) is 2.35. The van der Waals surface area contributed by atoms with Gasteiger partial charge in [0.2, 0.25) is 0 Å². The van der Waals surface area contributed by atoms with Gasteiger partial charge in [-0.25, -0.2) is 0 Å². The molecule has 0 aromatic heterocycles. The molecule has 0 amide bonds. The molecule has 17 heavy (non-hydrogen) atoms. The van der Waals surface area contributed by atoms with Gasteiger partial charge in [-0.3, -0.25) is 0 Å². The number of rotatable bonds is 6. The summed E-state index contributed by atoms with van der Waals surface area (Å²) in [6, 6.07) is 6.25. The third-order valence-electron chi connectivity index (χ3n) is 2.99. The second kappa shape index (κ2) is 6.62. The first-order valence-electron chi connectivity index (χ1n) is 6.13. The Kier molecular flexibility index (Phi) is 5.45. The van der Waals surface area contributed by atoms with Crippen LogP contribution in [0.5, 0.6) is 5.75 Å². The van der Waals surface area contributed by atoms with Gasteiger partial charge in [0.25, 0.3) is 0 Å². The summed E-state index contributed by atoms with van der Waals surface area (Å²) in [4.78, 5) is 0. The van der Waals surface area contributed by atoms with Crippen molar-refractivity contribution < 1.29 is 9.84 Å². The maximum atomic E-state index is 9.50. The van der Waals surface area contributed by atoms with Crippen LogP contribution in [0.4, 0.5) is 0 Å². The molecule has 0 saturated carbocycles. The minimum absolute atomic E-state index is 0.312. The first-order chi connectivity index (χ1) is 8.08. The molecular formula is C14H23NO2. The lowest BCUT2D eigenvalue weighted by Crippen LogP contribution is -2.20. The minimum atomic E-state index is -0.428. The van der Waals surface area contributed by atoms with Crippen molar-refractivity contribution in [3.05, 3.63) is 29.3 Å². The summed E-state index contributed by atoms with van der Waals surface area (Å²) < 4.78 is 5.33. The summed E-state index contributed by atoms with van der Waals surface area (Å²) >= 11 is 0. The smallest absolute Gasteiger partial charge is 0.122 e. The van der Waals surface area contributed by atoms with Gasteiger partial charge in [-0.1, -0.05) is 26.0 Å². The van der Waals surface area contributed by atoms with Crippen LogP contribution in [0.2, 0.25) is 0 Å². The zero-order valence-corrected chi connectivity index (χ0v) is 10.9. The van der Waals surface area contributed by atoms with Crippen LogP contribution in [0.3, 0.4) is 0 Å². The lowest BCUT2D eigenvalue weighted by molar-refractivity contribution is 0.173. The number of aliphatic hydroxyl groups excluding tert-OH is 1. The van der Waals surface area contributed by atoms with Crippen molar-refractivity contribution in [3.8, 4) is 5.75 Å². The first-order valence-corrected chi connectivity index (χ1v) is 6.13. The van der Waals surface area contributed by atoms with Crippen molar-refractivity contribution >= 4 is 0 Å². The van der Waals surface area contributed by atoms with Gasteiger partial charge in [-0.2, -0.15) is 0 Å². The Morgan fingerprint density at radius 1 is 1.35 bits per heavy atom. The van der Waals surface area contributed by atoms with E-state index in [1.807, 2.05) is 6.07 Å². The molecule has 1 aromatic rings. The summed E-state index contributed by atoms with van der Waals surface area (Å²) in [7, 11) is 1.67. The summed E-state index contributed by atoms with van der Waals surface area (Å²) in [5, 5.41) is 9.50. The second-order valence-electron chi connectivity index (χ2n) is 4.65. The maximum absolute atomic E-state index is 9.50. The van der Waals surface area contributed by atoms with Gasteiger partial charge in [0.05, 0.1) is 13.2 Å². The topological polar surface area (TPSA) is 55.5 Å². The maximum Gasteiger partial charge on any atom is 0.122 e. The van der Waals surface area contributed by atoms with E-state index in [0.717, 1.165) is 17.7 Å². The molecule has 1 aromatic carbocycles.